The number of hydrogen-bond acceptors (Lipinski definition) is 3. The number of rotatable bonds is 1. The third-order valence-electron chi connectivity index (χ3n) is 2.07. The third kappa shape index (κ3) is 1.28. The van der Waals surface area contributed by atoms with Gasteiger partial charge in [0.25, 0.3) is 0 Å². The van der Waals surface area contributed by atoms with Gasteiger partial charge in [0.2, 0.25) is 0 Å². The van der Waals surface area contributed by atoms with Crippen LogP contribution in [0.5, 0.6) is 0 Å². The summed E-state index contributed by atoms with van der Waals surface area (Å²) in [4.78, 5) is 15.3. The smallest absolute Gasteiger partial charge is 0.192 e. The first-order valence-corrected chi connectivity index (χ1v) is 3.94. The molecule has 0 heterocycles. The number of carbonyl (C=O) groups excluding carboxylic acids is 1. The Bertz CT molecular complexity index is 368. The fourth-order valence-corrected chi connectivity index (χ4v) is 1.42. The Hall–Kier alpha value is -1.45. The molecule has 3 nitrogen and oxygen atoms in total. The first-order chi connectivity index (χ1) is 6.33. The molecule has 0 radical (unpaired) electrons. The highest BCUT2D eigenvalue weighted by Crippen LogP contribution is 2.27. The summed E-state index contributed by atoms with van der Waals surface area (Å²) >= 11 is 0. The van der Waals surface area contributed by atoms with Gasteiger partial charge < -0.3 is 0 Å². The molecule has 0 aliphatic heterocycles. The lowest BCUT2D eigenvalue weighted by molar-refractivity contribution is -0.272. The van der Waals surface area contributed by atoms with Crippen LogP contribution in [0.4, 0.5) is 0 Å². The van der Waals surface area contributed by atoms with Crippen LogP contribution >= 0.6 is 0 Å². The van der Waals surface area contributed by atoms with E-state index in [1.807, 2.05) is 12.1 Å². The first kappa shape index (κ1) is 8.16. The Morgan fingerprint density at radius 1 is 1.23 bits per heavy atom. The SMILES string of the molecule is O=C1C=Cc2ccccc2C1OO. The van der Waals surface area contributed by atoms with Crippen molar-refractivity contribution in [3.05, 3.63) is 41.5 Å². The van der Waals surface area contributed by atoms with Crippen LogP contribution in [0.2, 0.25) is 0 Å². The van der Waals surface area contributed by atoms with Crippen LogP contribution in [0, 0.1) is 0 Å². The summed E-state index contributed by atoms with van der Waals surface area (Å²) in [6.07, 6.45) is 2.26. The van der Waals surface area contributed by atoms with Crippen molar-refractivity contribution in [1.29, 1.82) is 0 Å². The van der Waals surface area contributed by atoms with Crippen LogP contribution in [0.25, 0.3) is 6.08 Å². The van der Waals surface area contributed by atoms with E-state index in [4.69, 9.17) is 5.26 Å². The average molecular weight is 176 g/mol. The van der Waals surface area contributed by atoms with Crippen molar-refractivity contribution in [3.8, 4) is 0 Å². The maximum Gasteiger partial charge on any atom is 0.192 e. The fraction of sp³-hybridized carbons (Fsp3) is 0.100. The highest BCUT2D eigenvalue weighted by atomic mass is 17.1. The lowest BCUT2D eigenvalue weighted by Crippen LogP contribution is -2.16. The predicted octanol–water partition coefficient (Wildman–Crippen LogP) is 1.81. The maximum atomic E-state index is 11.2. The predicted molar refractivity (Wildman–Crippen MR) is 46.9 cm³/mol. The summed E-state index contributed by atoms with van der Waals surface area (Å²) < 4.78 is 0. The standard InChI is InChI=1S/C10H8O3/c11-9-6-5-7-3-1-2-4-8(7)10(9)13-12/h1-6,10,12H. The zero-order chi connectivity index (χ0) is 9.26. The van der Waals surface area contributed by atoms with Crippen molar-refractivity contribution in [2.75, 3.05) is 0 Å². The number of carbonyl (C=O) groups is 1. The number of fused-ring (bicyclic) bond motifs is 1. The molecule has 3 heteroatoms. The maximum absolute atomic E-state index is 11.2. The Balaban J connectivity index is 2.53. The highest BCUT2D eigenvalue weighted by Gasteiger charge is 2.24. The molecule has 1 aromatic carbocycles. The van der Waals surface area contributed by atoms with Gasteiger partial charge in [0.1, 0.15) is 0 Å². The number of benzene rings is 1. The lowest BCUT2D eigenvalue weighted by atomic mass is 9.94. The van der Waals surface area contributed by atoms with E-state index >= 15 is 0 Å². The van der Waals surface area contributed by atoms with E-state index in [0.717, 1.165) is 5.56 Å². The molecule has 1 aliphatic carbocycles. The van der Waals surface area contributed by atoms with Crippen LogP contribution in [0.15, 0.2) is 30.3 Å². The molecule has 0 spiro atoms. The van der Waals surface area contributed by atoms with Gasteiger partial charge in [-0.1, -0.05) is 30.3 Å². The Labute approximate surface area is 75.2 Å². The average Bonchev–Trinajstić information content (AvgIpc) is 2.18. The van der Waals surface area contributed by atoms with Crippen molar-refractivity contribution >= 4 is 11.9 Å². The highest BCUT2D eigenvalue weighted by molar-refractivity contribution is 6.00. The zero-order valence-corrected chi connectivity index (χ0v) is 6.81. The third-order valence-corrected chi connectivity index (χ3v) is 2.07. The van der Waals surface area contributed by atoms with E-state index < -0.39 is 6.10 Å². The van der Waals surface area contributed by atoms with Crippen molar-refractivity contribution in [1.82, 2.24) is 0 Å². The number of hydrogen-bond donors (Lipinski definition) is 1. The van der Waals surface area contributed by atoms with E-state index in [1.54, 1.807) is 18.2 Å². The molecule has 0 aromatic heterocycles. The molecule has 0 amide bonds. The van der Waals surface area contributed by atoms with Crippen molar-refractivity contribution in [2.24, 2.45) is 0 Å². The molecule has 1 atom stereocenters. The molecule has 0 saturated heterocycles. The molecule has 1 aromatic rings. The van der Waals surface area contributed by atoms with Gasteiger partial charge in [-0.3, -0.25) is 10.1 Å². The summed E-state index contributed by atoms with van der Waals surface area (Å²) in [7, 11) is 0. The quantitative estimate of drug-likeness (QED) is 0.524. The minimum Gasteiger partial charge on any atom is -0.291 e. The van der Waals surface area contributed by atoms with Gasteiger partial charge in [-0.15, -0.1) is 0 Å². The molecular weight excluding hydrogens is 168 g/mol. The van der Waals surface area contributed by atoms with Gasteiger partial charge in [-0.05, 0) is 17.2 Å². The van der Waals surface area contributed by atoms with Gasteiger partial charge in [-0.2, -0.15) is 0 Å². The summed E-state index contributed by atoms with van der Waals surface area (Å²) in [5, 5.41) is 8.55. The van der Waals surface area contributed by atoms with Crippen molar-refractivity contribution in [2.45, 2.75) is 6.10 Å². The minimum atomic E-state index is -0.860. The van der Waals surface area contributed by atoms with Crippen molar-refractivity contribution in [3.63, 3.8) is 0 Å². The molecular formula is C10H8O3. The van der Waals surface area contributed by atoms with E-state index in [1.165, 1.54) is 6.08 Å². The zero-order valence-electron chi connectivity index (χ0n) is 6.81. The van der Waals surface area contributed by atoms with Crippen LogP contribution in [-0.2, 0) is 9.68 Å². The van der Waals surface area contributed by atoms with Crippen LogP contribution in [0.1, 0.15) is 17.2 Å². The van der Waals surface area contributed by atoms with Crippen LogP contribution in [0.3, 0.4) is 0 Å². The lowest BCUT2D eigenvalue weighted by Gasteiger charge is -2.16. The molecule has 1 N–H and O–H groups in total. The molecule has 0 fully saturated rings. The Morgan fingerprint density at radius 2 is 2.00 bits per heavy atom. The van der Waals surface area contributed by atoms with E-state index in [0.29, 0.717) is 5.56 Å². The van der Waals surface area contributed by atoms with E-state index in [9.17, 15) is 4.79 Å². The monoisotopic (exact) mass is 176 g/mol. The summed E-state index contributed by atoms with van der Waals surface area (Å²) in [6.45, 7) is 0. The second-order valence-electron chi connectivity index (χ2n) is 2.85. The van der Waals surface area contributed by atoms with Crippen LogP contribution < -0.4 is 0 Å². The van der Waals surface area contributed by atoms with Gasteiger partial charge in [-0.25, -0.2) is 4.89 Å². The van der Waals surface area contributed by atoms with Crippen molar-refractivity contribution < 1.29 is 14.9 Å². The van der Waals surface area contributed by atoms with Gasteiger partial charge >= 0.3 is 0 Å². The summed E-state index contributed by atoms with van der Waals surface area (Å²) in [5.41, 5.74) is 1.61. The molecule has 0 saturated carbocycles. The largest absolute Gasteiger partial charge is 0.291 e. The molecule has 66 valence electrons. The minimum absolute atomic E-state index is 0.235. The molecule has 0 bridgehead atoms. The van der Waals surface area contributed by atoms with E-state index in [-0.39, 0.29) is 5.78 Å². The molecule has 13 heavy (non-hydrogen) atoms. The Kier molecular flexibility index (Phi) is 1.96. The van der Waals surface area contributed by atoms with Gasteiger partial charge in [0.05, 0.1) is 0 Å². The van der Waals surface area contributed by atoms with Gasteiger partial charge in [0, 0.05) is 0 Å². The molecule has 1 aliphatic rings. The summed E-state index contributed by atoms with van der Waals surface area (Å²) in [5.74, 6) is -0.235. The number of ketones is 1. The van der Waals surface area contributed by atoms with E-state index in [2.05, 4.69) is 4.89 Å². The second-order valence-corrected chi connectivity index (χ2v) is 2.85. The summed E-state index contributed by atoms with van der Waals surface area (Å²) in [6, 6.07) is 7.30. The molecule has 2 rings (SSSR count). The molecule has 1 unspecified atom stereocenters. The van der Waals surface area contributed by atoms with Crippen LogP contribution in [-0.4, -0.2) is 11.0 Å². The second kappa shape index (κ2) is 3.12. The topological polar surface area (TPSA) is 46.5 Å². The fourth-order valence-electron chi connectivity index (χ4n) is 1.42. The Morgan fingerprint density at radius 3 is 2.77 bits per heavy atom. The van der Waals surface area contributed by atoms with Gasteiger partial charge in [0.15, 0.2) is 11.9 Å². The normalized spacial score (nSPS) is 20.1. The first-order valence-electron chi connectivity index (χ1n) is 3.94.